The van der Waals surface area contributed by atoms with Crippen molar-refractivity contribution in [3.63, 3.8) is 0 Å². The number of aliphatic hydroxyl groups excluding tert-OH is 1. The molecule has 3 rings (SSSR count). The van der Waals surface area contributed by atoms with Gasteiger partial charge in [-0.2, -0.15) is 0 Å². The summed E-state index contributed by atoms with van der Waals surface area (Å²) in [5.41, 5.74) is 1.33. The van der Waals surface area contributed by atoms with E-state index in [1.54, 1.807) is 0 Å². The van der Waals surface area contributed by atoms with Crippen molar-refractivity contribution >= 4 is 0 Å². The van der Waals surface area contributed by atoms with E-state index in [4.69, 9.17) is 4.74 Å². The molecule has 2 aliphatic heterocycles. The van der Waals surface area contributed by atoms with Gasteiger partial charge in [-0.15, -0.1) is 0 Å². The van der Waals surface area contributed by atoms with Gasteiger partial charge in [0.05, 0.1) is 12.7 Å². The Bertz CT molecular complexity index is 394. The lowest BCUT2D eigenvalue weighted by atomic mass is 9.99. The van der Waals surface area contributed by atoms with Crippen molar-refractivity contribution in [3.8, 4) is 5.75 Å². The van der Waals surface area contributed by atoms with Gasteiger partial charge in [0, 0.05) is 24.6 Å². The molecule has 2 atom stereocenters. The van der Waals surface area contributed by atoms with Crippen molar-refractivity contribution in [2.24, 2.45) is 0 Å². The van der Waals surface area contributed by atoms with Gasteiger partial charge in [-0.3, -0.25) is 0 Å². The minimum absolute atomic E-state index is 0.138. The average molecular weight is 233 g/mol. The van der Waals surface area contributed by atoms with E-state index in [9.17, 15) is 5.11 Å². The van der Waals surface area contributed by atoms with Crippen molar-refractivity contribution < 1.29 is 9.84 Å². The lowest BCUT2D eigenvalue weighted by Gasteiger charge is -2.31. The van der Waals surface area contributed by atoms with Gasteiger partial charge < -0.3 is 14.7 Å². The Morgan fingerprint density at radius 2 is 2.24 bits per heavy atom. The molecule has 92 valence electrons. The third-order valence-corrected chi connectivity index (χ3v) is 3.76. The van der Waals surface area contributed by atoms with Crippen LogP contribution in [-0.2, 0) is 0 Å². The van der Waals surface area contributed by atoms with Gasteiger partial charge in [-0.05, 0) is 25.5 Å². The average Bonchev–Trinajstić information content (AvgIpc) is 2.73. The number of nitrogens with zero attached hydrogens (tertiary/aromatic N) is 1. The fraction of sp³-hybridized carbons (Fsp3) is 0.571. The van der Waals surface area contributed by atoms with Crippen LogP contribution >= 0.6 is 0 Å². The maximum atomic E-state index is 9.68. The molecule has 3 heteroatoms. The van der Waals surface area contributed by atoms with E-state index in [1.807, 2.05) is 12.1 Å². The summed E-state index contributed by atoms with van der Waals surface area (Å²) in [6.45, 7) is 3.72. The lowest BCUT2D eigenvalue weighted by molar-refractivity contribution is 0.0659. The predicted octanol–water partition coefficient (Wildman–Crippen LogP) is 1.62. The van der Waals surface area contributed by atoms with Crippen LogP contribution in [0.2, 0.25) is 0 Å². The minimum Gasteiger partial charge on any atom is -0.493 e. The van der Waals surface area contributed by atoms with Gasteiger partial charge in [0.25, 0.3) is 0 Å². The number of aliphatic hydroxyl groups is 1. The maximum absolute atomic E-state index is 9.68. The number of para-hydroxylation sites is 1. The van der Waals surface area contributed by atoms with Crippen LogP contribution in [-0.4, -0.2) is 42.4 Å². The number of hydrogen-bond acceptors (Lipinski definition) is 3. The molecule has 1 saturated heterocycles. The summed E-state index contributed by atoms with van der Waals surface area (Å²) < 4.78 is 5.69. The zero-order chi connectivity index (χ0) is 11.7. The summed E-state index contributed by atoms with van der Waals surface area (Å²) in [7, 11) is 0. The highest BCUT2D eigenvalue weighted by molar-refractivity contribution is 5.39. The van der Waals surface area contributed by atoms with Gasteiger partial charge in [0.15, 0.2) is 0 Å². The van der Waals surface area contributed by atoms with E-state index in [1.165, 1.54) is 5.56 Å². The predicted molar refractivity (Wildman–Crippen MR) is 66.4 cm³/mol. The van der Waals surface area contributed by atoms with Gasteiger partial charge >= 0.3 is 0 Å². The van der Waals surface area contributed by atoms with Crippen molar-refractivity contribution in [3.05, 3.63) is 29.8 Å². The second-order valence-corrected chi connectivity index (χ2v) is 5.10. The SMILES string of the molecule is OC1CCCN(CC2COc3ccccc32)C1. The molecule has 0 spiro atoms. The molecule has 2 unspecified atom stereocenters. The zero-order valence-electron chi connectivity index (χ0n) is 10.0. The standard InChI is InChI=1S/C14H19NO2/c16-12-4-3-7-15(9-12)8-11-10-17-14-6-2-1-5-13(11)14/h1-2,5-6,11-12,16H,3-4,7-10H2. The molecule has 1 aromatic carbocycles. The second-order valence-electron chi connectivity index (χ2n) is 5.10. The lowest BCUT2D eigenvalue weighted by Crippen LogP contribution is -2.40. The highest BCUT2D eigenvalue weighted by Crippen LogP contribution is 2.34. The van der Waals surface area contributed by atoms with E-state index in [2.05, 4.69) is 17.0 Å². The van der Waals surface area contributed by atoms with Crippen LogP contribution in [0.4, 0.5) is 0 Å². The normalized spacial score (nSPS) is 28.8. The highest BCUT2D eigenvalue weighted by Gasteiger charge is 2.27. The fourth-order valence-corrected chi connectivity index (χ4v) is 2.89. The van der Waals surface area contributed by atoms with E-state index < -0.39 is 0 Å². The summed E-state index contributed by atoms with van der Waals surface area (Å²) in [6.07, 6.45) is 1.92. The van der Waals surface area contributed by atoms with Crippen molar-refractivity contribution in [1.82, 2.24) is 4.90 Å². The third kappa shape index (κ3) is 2.31. The van der Waals surface area contributed by atoms with Gasteiger partial charge in [0.2, 0.25) is 0 Å². The van der Waals surface area contributed by atoms with E-state index in [0.717, 1.165) is 44.8 Å². The molecule has 17 heavy (non-hydrogen) atoms. The molecule has 2 heterocycles. The molecule has 2 aliphatic rings. The molecule has 0 radical (unpaired) electrons. The van der Waals surface area contributed by atoms with Crippen molar-refractivity contribution in [2.45, 2.75) is 24.9 Å². The summed E-state index contributed by atoms with van der Waals surface area (Å²) in [5, 5.41) is 9.68. The summed E-state index contributed by atoms with van der Waals surface area (Å²) in [6, 6.07) is 8.30. The number of ether oxygens (including phenoxy) is 1. The Morgan fingerprint density at radius 1 is 1.35 bits per heavy atom. The van der Waals surface area contributed by atoms with Crippen molar-refractivity contribution in [1.29, 1.82) is 0 Å². The van der Waals surface area contributed by atoms with Gasteiger partial charge in [0.1, 0.15) is 5.75 Å². The third-order valence-electron chi connectivity index (χ3n) is 3.76. The molecule has 1 fully saturated rings. The molecule has 0 saturated carbocycles. The Morgan fingerprint density at radius 3 is 3.12 bits per heavy atom. The second kappa shape index (κ2) is 4.67. The Kier molecular flexibility index (Phi) is 3.04. The van der Waals surface area contributed by atoms with Crippen LogP contribution in [0.5, 0.6) is 5.75 Å². The monoisotopic (exact) mass is 233 g/mol. The Balaban J connectivity index is 1.67. The summed E-state index contributed by atoms with van der Waals surface area (Å²) in [5.74, 6) is 1.51. The molecular weight excluding hydrogens is 214 g/mol. The number of β-amino-alcohol motifs (C(OH)–C–C–N with tert-alkyl or cyclic N) is 1. The van der Waals surface area contributed by atoms with Crippen LogP contribution < -0.4 is 4.74 Å². The largest absolute Gasteiger partial charge is 0.493 e. The number of likely N-dealkylation sites (tertiary alicyclic amines) is 1. The number of fused-ring (bicyclic) bond motifs is 1. The first-order valence-electron chi connectivity index (χ1n) is 6.45. The van der Waals surface area contributed by atoms with Crippen LogP contribution in [0.3, 0.4) is 0 Å². The molecular formula is C14H19NO2. The molecule has 1 N–H and O–H groups in total. The molecule has 0 amide bonds. The van der Waals surface area contributed by atoms with Crippen LogP contribution in [0, 0.1) is 0 Å². The number of rotatable bonds is 2. The zero-order valence-corrected chi connectivity index (χ0v) is 10.0. The molecule has 1 aromatic rings. The van der Waals surface area contributed by atoms with Crippen molar-refractivity contribution in [2.75, 3.05) is 26.2 Å². The fourth-order valence-electron chi connectivity index (χ4n) is 2.89. The molecule has 0 bridgehead atoms. The maximum Gasteiger partial charge on any atom is 0.122 e. The van der Waals surface area contributed by atoms with E-state index >= 15 is 0 Å². The quantitative estimate of drug-likeness (QED) is 0.842. The highest BCUT2D eigenvalue weighted by atomic mass is 16.5. The minimum atomic E-state index is -0.138. The smallest absolute Gasteiger partial charge is 0.122 e. The number of hydrogen-bond donors (Lipinski definition) is 1. The van der Waals surface area contributed by atoms with E-state index in [0.29, 0.717) is 5.92 Å². The van der Waals surface area contributed by atoms with Crippen LogP contribution in [0.15, 0.2) is 24.3 Å². The van der Waals surface area contributed by atoms with Crippen LogP contribution in [0.1, 0.15) is 24.3 Å². The first kappa shape index (κ1) is 11.1. The Hall–Kier alpha value is -1.06. The summed E-state index contributed by atoms with van der Waals surface area (Å²) in [4.78, 5) is 2.37. The number of piperidine rings is 1. The Labute approximate surface area is 102 Å². The first-order valence-corrected chi connectivity index (χ1v) is 6.45. The number of benzene rings is 1. The molecule has 0 aromatic heterocycles. The topological polar surface area (TPSA) is 32.7 Å². The molecule has 0 aliphatic carbocycles. The van der Waals surface area contributed by atoms with E-state index in [-0.39, 0.29) is 6.10 Å². The first-order chi connectivity index (χ1) is 8.33. The van der Waals surface area contributed by atoms with Gasteiger partial charge in [-0.1, -0.05) is 18.2 Å². The molecule has 3 nitrogen and oxygen atoms in total. The summed E-state index contributed by atoms with van der Waals surface area (Å²) >= 11 is 0. The van der Waals surface area contributed by atoms with Crippen LogP contribution in [0.25, 0.3) is 0 Å². The van der Waals surface area contributed by atoms with Gasteiger partial charge in [-0.25, -0.2) is 0 Å².